The zero-order valence-corrected chi connectivity index (χ0v) is 11.5. The van der Waals surface area contributed by atoms with E-state index in [4.69, 9.17) is 0 Å². The summed E-state index contributed by atoms with van der Waals surface area (Å²) in [7, 11) is -3.63. The highest BCUT2D eigenvalue weighted by atomic mass is 32.2. The van der Waals surface area contributed by atoms with Crippen LogP contribution in [-0.4, -0.2) is 39.1 Å². The van der Waals surface area contributed by atoms with E-state index < -0.39 is 10.0 Å². The highest BCUT2D eigenvalue weighted by Gasteiger charge is 2.30. The van der Waals surface area contributed by atoms with E-state index in [2.05, 4.69) is 10.2 Å². The van der Waals surface area contributed by atoms with Crippen LogP contribution in [0.4, 0.5) is 0 Å². The Hall–Kier alpha value is -1.77. The molecule has 106 valence electrons. The van der Waals surface area contributed by atoms with Crippen LogP contribution in [0.3, 0.4) is 0 Å². The average Bonchev–Trinajstić information content (AvgIpc) is 2.94. The van der Waals surface area contributed by atoms with Crippen LogP contribution in [-0.2, 0) is 29.7 Å². The highest BCUT2D eigenvalue weighted by molar-refractivity contribution is 7.89. The third-order valence-corrected chi connectivity index (χ3v) is 5.31. The number of benzene rings is 1. The largest absolute Gasteiger partial charge is 0.392 e. The van der Waals surface area contributed by atoms with Crippen molar-refractivity contribution in [2.24, 2.45) is 0 Å². The number of sulfonamides is 1. The maximum absolute atomic E-state index is 12.7. The van der Waals surface area contributed by atoms with Gasteiger partial charge in [0.05, 0.1) is 18.0 Å². The smallest absolute Gasteiger partial charge is 0.243 e. The van der Waals surface area contributed by atoms with Crippen LogP contribution in [0.5, 0.6) is 0 Å². The zero-order chi connectivity index (χ0) is 14.2. The molecule has 0 aliphatic carbocycles. The van der Waals surface area contributed by atoms with Gasteiger partial charge in [0.15, 0.2) is 0 Å². The Kier molecular flexibility index (Phi) is 3.28. The van der Waals surface area contributed by atoms with Gasteiger partial charge in [-0.05, 0) is 11.6 Å². The molecule has 1 aliphatic heterocycles. The van der Waals surface area contributed by atoms with Gasteiger partial charge in [-0.3, -0.25) is 0 Å². The van der Waals surface area contributed by atoms with Crippen molar-refractivity contribution in [2.45, 2.75) is 24.6 Å². The average molecular weight is 294 g/mol. The molecule has 1 aromatic heterocycles. The molecule has 1 N–H and O–H groups in total. The summed E-state index contributed by atoms with van der Waals surface area (Å²) in [5.74, 6) is 0.626. The molecule has 2 heterocycles. The molecule has 8 heteroatoms. The Bertz CT molecular complexity index is 726. The summed E-state index contributed by atoms with van der Waals surface area (Å²) >= 11 is 0. The first-order valence-electron chi connectivity index (χ1n) is 6.18. The highest BCUT2D eigenvalue weighted by Crippen LogP contribution is 2.23. The van der Waals surface area contributed by atoms with Gasteiger partial charge in [-0.15, -0.1) is 10.2 Å². The molecule has 0 bridgehead atoms. The predicted molar refractivity (Wildman–Crippen MR) is 70.0 cm³/mol. The van der Waals surface area contributed by atoms with E-state index in [1.54, 1.807) is 24.5 Å². The molecular weight excluding hydrogens is 280 g/mol. The van der Waals surface area contributed by atoms with Crippen molar-refractivity contribution in [2.75, 3.05) is 6.54 Å². The van der Waals surface area contributed by atoms with Crippen molar-refractivity contribution >= 4 is 10.0 Å². The maximum atomic E-state index is 12.7. The van der Waals surface area contributed by atoms with Gasteiger partial charge in [-0.1, -0.05) is 18.2 Å². The molecule has 2 aromatic rings. The van der Waals surface area contributed by atoms with Gasteiger partial charge in [-0.25, -0.2) is 8.42 Å². The minimum atomic E-state index is -3.63. The molecule has 0 amide bonds. The Labute approximate surface area is 116 Å². The van der Waals surface area contributed by atoms with Gasteiger partial charge in [0.1, 0.15) is 12.2 Å². The lowest BCUT2D eigenvalue weighted by Crippen LogP contribution is -2.38. The van der Waals surface area contributed by atoms with E-state index in [0.29, 0.717) is 24.5 Å². The summed E-state index contributed by atoms with van der Waals surface area (Å²) in [5.41, 5.74) is 0.402. The fourth-order valence-corrected chi connectivity index (χ4v) is 3.87. The van der Waals surface area contributed by atoms with Crippen LogP contribution >= 0.6 is 0 Å². The third-order valence-electron chi connectivity index (χ3n) is 3.36. The van der Waals surface area contributed by atoms with E-state index in [1.807, 2.05) is 4.57 Å². The van der Waals surface area contributed by atoms with Gasteiger partial charge in [0.2, 0.25) is 10.0 Å². The quantitative estimate of drug-likeness (QED) is 0.859. The fourth-order valence-electron chi connectivity index (χ4n) is 2.27. The lowest BCUT2D eigenvalue weighted by atomic mass is 10.2. The summed E-state index contributed by atoms with van der Waals surface area (Å²) < 4.78 is 28.5. The lowest BCUT2D eigenvalue weighted by molar-refractivity contribution is 0.277. The van der Waals surface area contributed by atoms with Gasteiger partial charge in [-0.2, -0.15) is 4.31 Å². The van der Waals surface area contributed by atoms with E-state index in [1.165, 1.54) is 10.4 Å². The van der Waals surface area contributed by atoms with E-state index in [-0.39, 0.29) is 18.0 Å². The van der Waals surface area contributed by atoms with Crippen molar-refractivity contribution in [1.82, 2.24) is 19.1 Å². The van der Waals surface area contributed by atoms with Gasteiger partial charge in [0.25, 0.3) is 0 Å². The molecule has 0 fully saturated rings. The predicted octanol–water partition coefficient (Wildman–Crippen LogP) is -0.0251. The van der Waals surface area contributed by atoms with Crippen molar-refractivity contribution < 1.29 is 13.5 Å². The summed E-state index contributed by atoms with van der Waals surface area (Å²) in [6.45, 7) is 0.789. The topological polar surface area (TPSA) is 88.3 Å². The molecule has 1 aliphatic rings. The molecule has 0 saturated carbocycles. The number of aliphatic hydroxyl groups is 1. The molecule has 1 aromatic carbocycles. The molecule has 0 unspecified atom stereocenters. The second-order valence-corrected chi connectivity index (χ2v) is 6.45. The molecule has 0 atom stereocenters. The number of rotatable bonds is 3. The van der Waals surface area contributed by atoms with Crippen molar-refractivity contribution in [3.63, 3.8) is 0 Å². The third kappa shape index (κ3) is 2.11. The number of nitrogens with zero attached hydrogens (tertiary/aromatic N) is 4. The second-order valence-electron chi connectivity index (χ2n) is 4.54. The van der Waals surface area contributed by atoms with E-state index in [9.17, 15) is 13.5 Å². The lowest BCUT2D eigenvalue weighted by Gasteiger charge is -2.27. The number of hydrogen-bond acceptors (Lipinski definition) is 5. The Morgan fingerprint density at radius 3 is 2.85 bits per heavy atom. The van der Waals surface area contributed by atoms with Crippen LogP contribution in [0, 0.1) is 0 Å². The number of aliphatic hydroxyl groups excluding tert-OH is 1. The van der Waals surface area contributed by atoms with E-state index >= 15 is 0 Å². The summed E-state index contributed by atoms with van der Waals surface area (Å²) in [4.78, 5) is 0.149. The van der Waals surface area contributed by atoms with E-state index in [0.717, 1.165) is 0 Å². The van der Waals surface area contributed by atoms with Crippen molar-refractivity contribution in [3.05, 3.63) is 42.0 Å². The monoisotopic (exact) mass is 294 g/mol. The standard InChI is InChI=1S/C12H14N4O3S/c17-8-10-3-1-2-4-11(10)20(18,19)16-6-5-15-9-13-14-12(15)7-16/h1-4,9,17H,5-8H2. The van der Waals surface area contributed by atoms with Crippen molar-refractivity contribution in [3.8, 4) is 0 Å². The van der Waals surface area contributed by atoms with Gasteiger partial charge < -0.3 is 9.67 Å². The zero-order valence-electron chi connectivity index (χ0n) is 10.7. The summed E-state index contributed by atoms with van der Waals surface area (Å²) in [6.07, 6.45) is 1.60. The summed E-state index contributed by atoms with van der Waals surface area (Å²) in [6, 6.07) is 6.48. The second kappa shape index (κ2) is 4.97. The first-order chi connectivity index (χ1) is 9.63. The van der Waals surface area contributed by atoms with Crippen LogP contribution in [0.15, 0.2) is 35.5 Å². The molecule has 0 radical (unpaired) electrons. The minimum Gasteiger partial charge on any atom is -0.392 e. The minimum absolute atomic E-state index is 0.149. The van der Waals surface area contributed by atoms with Crippen LogP contribution < -0.4 is 0 Å². The fraction of sp³-hybridized carbons (Fsp3) is 0.333. The first kappa shape index (κ1) is 13.2. The SMILES string of the molecule is O=S(=O)(c1ccccc1CO)N1CCn2cnnc2C1. The van der Waals surface area contributed by atoms with Gasteiger partial charge >= 0.3 is 0 Å². The maximum Gasteiger partial charge on any atom is 0.243 e. The van der Waals surface area contributed by atoms with Crippen molar-refractivity contribution in [1.29, 1.82) is 0 Å². The Morgan fingerprint density at radius 2 is 2.05 bits per heavy atom. The first-order valence-corrected chi connectivity index (χ1v) is 7.62. The number of aromatic nitrogens is 3. The molecule has 7 nitrogen and oxygen atoms in total. The summed E-state index contributed by atoms with van der Waals surface area (Å²) in [5, 5.41) is 17.0. The molecule has 3 rings (SSSR count). The molecule has 0 spiro atoms. The molecule has 20 heavy (non-hydrogen) atoms. The van der Waals surface area contributed by atoms with Crippen LogP contribution in [0.2, 0.25) is 0 Å². The molecular formula is C12H14N4O3S. The van der Waals surface area contributed by atoms with Crippen LogP contribution in [0.25, 0.3) is 0 Å². The Balaban J connectivity index is 1.97. The van der Waals surface area contributed by atoms with Gasteiger partial charge in [0, 0.05) is 13.1 Å². The molecule has 0 saturated heterocycles. The normalized spacial score (nSPS) is 16.1. The Morgan fingerprint density at radius 1 is 1.25 bits per heavy atom. The number of fused-ring (bicyclic) bond motifs is 1. The van der Waals surface area contributed by atoms with Crippen LogP contribution in [0.1, 0.15) is 11.4 Å². The number of hydrogen-bond donors (Lipinski definition) is 1.